The second-order valence-electron chi connectivity index (χ2n) is 3.87. The van der Waals surface area contributed by atoms with Crippen LogP contribution >= 0.6 is 11.3 Å². The molecule has 0 saturated carbocycles. The largest absolute Gasteiger partial charge is 0.491 e. The SMILES string of the molecule is CC(C)Oc1ccc(F)c(-c2cnc(N)s2)c1. The molecular formula is C12H13FN2OS. The smallest absolute Gasteiger partial charge is 0.180 e. The molecule has 0 saturated heterocycles. The summed E-state index contributed by atoms with van der Waals surface area (Å²) >= 11 is 1.25. The van der Waals surface area contributed by atoms with Crippen molar-refractivity contribution < 1.29 is 9.13 Å². The van der Waals surface area contributed by atoms with Crippen LogP contribution in [0.3, 0.4) is 0 Å². The van der Waals surface area contributed by atoms with Crippen LogP contribution in [-0.2, 0) is 0 Å². The van der Waals surface area contributed by atoms with Crippen LogP contribution in [0.25, 0.3) is 10.4 Å². The quantitative estimate of drug-likeness (QED) is 0.911. The van der Waals surface area contributed by atoms with Gasteiger partial charge in [0.15, 0.2) is 5.13 Å². The summed E-state index contributed by atoms with van der Waals surface area (Å²) in [4.78, 5) is 4.62. The van der Waals surface area contributed by atoms with Crippen molar-refractivity contribution in [3.63, 3.8) is 0 Å². The molecule has 1 aromatic heterocycles. The standard InChI is InChI=1S/C12H13FN2OS/c1-7(2)16-8-3-4-10(13)9(5-8)11-6-15-12(14)17-11/h3-7H,1-2H3,(H2,14,15). The van der Waals surface area contributed by atoms with E-state index in [1.807, 2.05) is 13.8 Å². The van der Waals surface area contributed by atoms with Crippen molar-refractivity contribution >= 4 is 16.5 Å². The monoisotopic (exact) mass is 252 g/mol. The van der Waals surface area contributed by atoms with Crippen molar-refractivity contribution in [1.29, 1.82) is 0 Å². The minimum absolute atomic E-state index is 0.0554. The Morgan fingerprint density at radius 2 is 2.18 bits per heavy atom. The molecule has 0 aliphatic rings. The number of nitrogens with two attached hydrogens (primary N) is 1. The highest BCUT2D eigenvalue weighted by Crippen LogP contribution is 2.32. The number of rotatable bonds is 3. The van der Waals surface area contributed by atoms with Gasteiger partial charge in [-0.1, -0.05) is 11.3 Å². The molecule has 0 unspecified atom stereocenters. The molecule has 3 nitrogen and oxygen atoms in total. The Bertz CT molecular complexity index is 525. The third-order valence-corrected chi connectivity index (χ3v) is 2.96. The Morgan fingerprint density at radius 1 is 1.41 bits per heavy atom. The Labute approximate surface area is 103 Å². The summed E-state index contributed by atoms with van der Waals surface area (Å²) in [7, 11) is 0. The highest BCUT2D eigenvalue weighted by atomic mass is 32.1. The van der Waals surface area contributed by atoms with Crippen LogP contribution in [0.5, 0.6) is 5.75 Å². The van der Waals surface area contributed by atoms with Gasteiger partial charge in [-0.15, -0.1) is 0 Å². The first kappa shape index (κ1) is 11.9. The van der Waals surface area contributed by atoms with E-state index in [9.17, 15) is 4.39 Å². The number of aromatic nitrogens is 1. The van der Waals surface area contributed by atoms with E-state index in [0.717, 1.165) is 0 Å². The van der Waals surface area contributed by atoms with Crippen molar-refractivity contribution in [3.8, 4) is 16.2 Å². The lowest BCUT2D eigenvalue weighted by atomic mass is 10.2. The topological polar surface area (TPSA) is 48.1 Å². The maximum Gasteiger partial charge on any atom is 0.180 e. The van der Waals surface area contributed by atoms with Crippen molar-refractivity contribution in [2.45, 2.75) is 20.0 Å². The first-order chi connectivity index (χ1) is 8.06. The zero-order valence-corrected chi connectivity index (χ0v) is 10.4. The molecule has 5 heteroatoms. The summed E-state index contributed by atoms with van der Waals surface area (Å²) in [5.41, 5.74) is 6.01. The van der Waals surface area contributed by atoms with E-state index < -0.39 is 0 Å². The van der Waals surface area contributed by atoms with E-state index in [0.29, 0.717) is 21.3 Å². The van der Waals surface area contributed by atoms with Crippen molar-refractivity contribution in [3.05, 3.63) is 30.2 Å². The van der Waals surface area contributed by atoms with Gasteiger partial charge in [0, 0.05) is 11.8 Å². The number of hydrogen-bond donors (Lipinski definition) is 1. The van der Waals surface area contributed by atoms with E-state index in [1.165, 1.54) is 17.4 Å². The van der Waals surface area contributed by atoms with Crippen molar-refractivity contribution in [2.24, 2.45) is 0 Å². The average molecular weight is 252 g/mol. The summed E-state index contributed by atoms with van der Waals surface area (Å²) in [6.45, 7) is 3.85. The molecule has 2 rings (SSSR count). The number of thiazole rings is 1. The van der Waals surface area contributed by atoms with Gasteiger partial charge in [0.25, 0.3) is 0 Å². The van der Waals surface area contributed by atoms with Gasteiger partial charge < -0.3 is 10.5 Å². The maximum atomic E-state index is 13.7. The van der Waals surface area contributed by atoms with E-state index >= 15 is 0 Å². The normalized spacial score (nSPS) is 10.8. The minimum Gasteiger partial charge on any atom is -0.491 e. The average Bonchev–Trinajstić information content (AvgIpc) is 2.67. The van der Waals surface area contributed by atoms with Crippen LogP contribution in [0, 0.1) is 5.82 Å². The van der Waals surface area contributed by atoms with E-state index in [2.05, 4.69) is 4.98 Å². The fraction of sp³-hybridized carbons (Fsp3) is 0.250. The molecule has 17 heavy (non-hydrogen) atoms. The summed E-state index contributed by atoms with van der Waals surface area (Å²) in [5, 5.41) is 0.426. The van der Waals surface area contributed by atoms with Gasteiger partial charge in [0.1, 0.15) is 11.6 Å². The van der Waals surface area contributed by atoms with Crippen molar-refractivity contribution in [1.82, 2.24) is 4.98 Å². The second-order valence-corrected chi connectivity index (χ2v) is 4.93. The maximum absolute atomic E-state index is 13.7. The predicted molar refractivity (Wildman–Crippen MR) is 67.7 cm³/mol. The lowest BCUT2D eigenvalue weighted by Gasteiger charge is -2.10. The Morgan fingerprint density at radius 3 is 2.76 bits per heavy atom. The van der Waals surface area contributed by atoms with Gasteiger partial charge in [-0.3, -0.25) is 0 Å². The van der Waals surface area contributed by atoms with E-state index in [-0.39, 0.29) is 11.9 Å². The first-order valence-corrected chi connectivity index (χ1v) is 6.06. The molecule has 1 heterocycles. The molecule has 0 atom stereocenters. The zero-order valence-electron chi connectivity index (χ0n) is 9.61. The molecule has 0 fully saturated rings. The van der Waals surface area contributed by atoms with Crippen LogP contribution in [0.4, 0.5) is 9.52 Å². The number of nitrogen functional groups attached to an aromatic ring is 1. The molecule has 90 valence electrons. The number of hydrogen-bond acceptors (Lipinski definition) is 4. The van der Waals surface area contributed by atoms with E-state index in [1.54, 1.807) is 18.3 Å². The van der Waals surface area contributed by atoms with Gasteiger partial charge in [-0.2, -0.15) is 0 Å². The fourth-order valence-electron chi connectivity index (χ4n) is 1.45. The van der Waals surface area contributed by atoms with Crippen LogP contribution in [-0.4, -0.2) is 11.1 Å². The van der Waals surface area contributed by atoms with Gasteiger partial charge in [0.05, 0.1) is 11.0 Å². The molecule has 2 N–H and O–H groups in total. The summed E-state index contributed by atoms with van der Waals surface area (Å²) in [6, 6.07) is 4.68. The number of nitrogens with zero attached hydrogens (tertiary/aromatic N) is 1. The Hall–Kier alpha value is -1.62. The molecule has 2 aromatic rings. The van der Waals surface area contributed by atoms with Gasteiger partial charge in [0.2, 0.25) is 0 Å². The Balaban J connectivity index is 2.39. The number of halogens is 1. The molecule has 0 radical (unpaired) electrons. The Kier molecular flexibility index (Phi) is 3.28. The molecule has 0 amide bonds. The third-order valence-electron chi connectivity index (χ3n) is 2.10. The number of ether oxygens (including phenoxy) is 1. The van der Waals surface area contributed by atoms with Crippen LogP contribution in [0.1, 0.15) is 13.8 Å². The number of anilines is 1. The molecule has 0 bridgehead atoms. The van der Waals surface area contributed by atoms with Gasteiger partial charge in [-0.05, 0) is 32.0 Å². The van der Waals surface area contributed by atoms with Crippen molar-refractivity contribution in [2.75, 3.05) is 5.73 Å². The van der Waals surface area contributed by atoms with Crippen LogP contribution in [0.2, 0.25) is 0 Å². The zero-order chi connectivity index (χ0) is 12.4. The molecular weight excluding hydrogens is 239 g/mol. The van der Waals surface area contributed by atoms with Crippen LogP contribution in [0.15, 0.2) is 24.4 Å². The molecule has 1 aromatic carbocycles. The van der Waals surface area contributed by atoms with Gasteiger partial charge in [-0.25, -0.2) is 9.37 Å². The van der Waals surface area contributed by atoms with E-state index in [4.69, 9.17) is 10.5 Å². The number of benzene rings is 1. The molecule has 0 aliphatic carbocycles. The fourth-order valence-corrected chi connectivity index (χ4v) is 2.15. The lowest BCUT2D eigenvalue weighted by Crippen LogP contribution is -2.05. The summed E-state index contributed by atoms with van der Waals surface area (Å²) in [5.74, 6) is 0.341. The predicted octanol–water partition coefficient (Wildman–Crippen LogP) is 3.32. The molecule has 0 spiro atoms. The summed E-state index contributed by atoms with van der Waals surface area (Å²) in [6.07, 6.45) is 1.62. The first-order valence-electron chi connectivity index (χ1n) is 5.24. The minimum atomic E-state index is -0.301. The van der Waals surface area contributed by atoms with Crippen LogP contribution < -0.4 is 10.5 Å². The third kappa shape index (κ3) is 2.74. The highest BCUT2D eigenvalue weighted by Gasteiger charge is 2.10. The molecule has 0 aliphatic heterocycles. The second kappa shape index (κ2) is 4.71. The summed E-state index contributed by atoms with van der Waals surface area (Å²) < 4.78 is 19.2. The van der Waals surface area contributed by atoms with Gasteiger partial charge >= 0.3 is 0 Å². The highest BCUT2D eigenvalue weighted by molar-refractivity contribution is 7.18. The lowest BCUT2D eigenvalue weighted by molar-refractivity contribution is 0.242.